The van der Waals surface area contributed by atoms with Crippen LogP contribution in [0, 0.1) is 0 Å². The van der Waals surface area contributed by atoms with Crippen LogP contribution < -0.4 is 0 Å². The molecule has 0 spiro atoms. The van der Waals surface area contributed by atoms with Crippen LogP contribution in [0.4, 0.5) is 0 Å². The summed E-state index contributed by atoms with van der Waals surface area (Å²) >= 11 is 0. The second kappa shape index (κ2) is 20.0. The molecule has 1 atom stereocenters. The molecule has 1 unspecified atom stereocenters. The minimum absolute atomic E-state index is 0.341. The third-order valence-corrected chi connectivity index (χ3v) is 2.14. The summed E-state index contributed by atoms with van der Waals surface area (Å²) in [6.07, 6.45) is -0.0556. The molecular formula is C17H32O5. The van der Waals surface area contributed by atoms with Gasteiger partial charge in [0.2, 0.25) is 0 Å². The molecule has 1 aromatic rings. The monoisotopic (exact) mass is 316 g/mol. The van der Waals surface area contributed by atoms with Crippen molar-refractivity contribution in [3.63, 3.8) is 0 Å². The molecule has 1 aromatic carbocycles. The Kier molecular flexibility index (Phi) is 21.2. The lowest BCUT2D eigenvalue weighted by Gasteiger charge is -2.05. The van der Waals surface area contributed by atoms with Crippen molar-refractivity contribution >= 4 is 0 Å². The van der Waals surface area contributed by atoms with Gasteiger partial charge in [-0.15, -0.1) is 0 Å². The van der Waals surface area contributed by atoms with Crippen molar-refractivity contribution in [1.82, 2.24) is 0 Å². The summed E-state index contributed by atoms with van der Waals surface area (Å²) in [6, 6.07) is 12.0. The van der Waals surface area contributed by atoms with Gasteiger partial charge in [-0.1, -0.05) is 50.2 Å². The highest BCUT2D eigenvalue weighted by molar-refractivity contribution is 4.99. The molecule has 1 saturated heterocycles. The molecule has 22 heavy (non-hydrogen) atoms. The van der Waals surface area contributed by atoms with Crippen LogP contribution in [-0.4, -0.2) is 65.1 Å². The Bertz CT molecular complexity index is 245. The van der Waals surface area contributed by atoms with E-state index in [1.54, 1.807) is 21.3 Å². The Balaban J connectivity index is 0. The molecule has 0 aliphatic carbocycles. The predicted octanol–water partition coefficient (Wildman–Crippen LogP) is 2.38. The Morgan fingerprint density at radius 1 is 0.909 bits per heavy atom. The first-order valence-electron chi connectivity index (χ1n) is 7.51. The fraction of sp³-hybridized carbons (Fsp3) is 0.647. The molecule has 1 heterocycles. The largest absolute Gasteiger partial charge is 0.388 e. The normalized spacial score (nSPS) is 14.6. The van der Waals surface area contributed by atoms with E-state index in [-0.39, 0.29) is 0 Å². The van der Waals surface area contributed by atoms with Crippen molar-refractivity contribution in [3.8, 4) is 0 Å². The topological polar surface area (TPSA) is 60.5 Å². The molecule has 0 amide bonds. The highest BCUT2D eigenvalue weighted by atomic mass is 16.6. The second-order valence-electron chi connectivity index (χ2n) is 4.13. The van der Waals surface area contributed by atoms with Crippen molar-refractivity contribution < 1.29 is 24.1 Å². The standard InChI is InChI=1S/C6H6.C5H12O3.C4H8O2.C2H6/c1-2-4-6-5-3-1;1-7-3-5(6)4-8-2;1-5-2-4-3-6-4;1-2/h1-6H;5-6H,3-4H2,1-2H3;4H,2-3H2,1H3;1-2H3. The summed E-state index contributed by atoms with van der Waals surface area (Å²) in [6.45, 7) is 6.34. The summed E-state index contributed by atoms with van der Waals surface area (Å²) in [5.74, 6) is 0. The first-order chi connectivity index (χ1) is 10.7. The molecule has 1 N–H and O–H groups in total. The van der Waals surface area contributed by atoms with Crippen LogP contribution in [0.3, 0.4) is 0 Å². The average Bonchev–Trinajstić information content (AvgIpc) is 3.37. The molecule has 1 aliphatic rings. The van der Waals surface area contributed by atoms with Gasteiger partial charge in [-0.25, -0.2) is 0 Å². The van der Waals surface area contributed by atoms with Gasteiger partial charge in [-0.3, -0.25) is 0 Å². The average molecular weight is 316 g/mol. The second-order valence-corrected chi connectivity index (χ2v) is 4.13. The highest BCUT2D eigenvalue weighted by Crippen LogP contribution is 2.06. The summed E-state index contributed by atoms with van der Waals surface area (Å²) in [7, 11) is 4.76. The van der Waals surface area contributed by atoms with Crippen LogP contribution in [0.25, 0.3) is 0 Å². The Hall–Kier alpha value is -0.980. The van der Waals surface area contributed by atoms with Crippen LogP contribution in [0.2, 0.25) is 0 Å². The molecule has 0 bridgehead atoms. The molecule has 1 aliphatic heterocycles. The van der Waals surface area contributed by atoms with E-state index in [9.17, 15) is 0 Å². The Labute approximate surface area is 135 Å². The van der Waals surface area contributed by atoms with Gasteiger partial charge in [0.1, 0.15) is 12.2 Å². The smallest absolute Gasteiger partial charge is 0.104 e. The van der Waals surface area contributed by atoms with Crippen molar-refractivity contribution in [2.75, 3.05) is 47.8 Å². The van der Waals surface area contributed by atoms with Crippen LogP contribution in [0.15, 0.2) is 36.4 Å². The lowest BCUT2D eigenvalue weighted by Crippen LogP contribution is -2.19. The first kappa shape index (κ1) is 23.3. The van der Waals surface area contributed by atoms with Gasteiger partial charge in [0.15, 0.2) is 0 Å². The number of methoxy groups -OCH3 is 3. The molecule has 5 nitrogen and oxygen atoms in total. The lowest BCUT2D eigenvalue weighted by molar-refractivity contribution is 0.00980. The van der Waals surface area contributed by atoms with Gasteiger partial charge in [0.05, 0.1) is 26.4 Å². The Morgan fingerprint density at radius 3 is 1.45 bits per heavy atom. The zero-order valence-electron chi connectivity index (χ0n) is 14.5. The zero-order valence-corrected chi connectivity index (χ0v) is 14.5. The molecule has 130 valence electrons. The lowest BCUT2D eigenvalue weighted by atomic mass is 10.4. The number of benzene rings is 1. The van der Waals surface area contributed by atoms with Crippen LogP contribution in [-0.2, 0) is 18.9 Å². The van der Waals surface area contributed by atoms with E-state index >= 15 is 0 Å². The van der Waals surface area contributed by atoms with E-state index in [0.29, 0.717) is 19.3 Å². The van der Waals surface area contributed by atoms with Gasteiger partial charge in [0.25, 0.3) is 0 Å². The van der Waals surface area contributed by atoms with Crippen LogP contribution in [0.1, 0.15) is 13.8 Å². The number of hydrogen-bond acceptors (Lipinski definition) is 5. The third-order valence-electron chi connectivity index (χ3n) is 2.14. The molecule has 5 heteroatoms. The first-order valence-corrected chi connectivity index (χ1v) is 7.51. The van der Waals surface area contributed by atoms with E-state index in [1.807, 2.05) is 50.2 Å². The Morgan fingerprint density at radius 2 is 1.27 bits per heavy atom. The molecule has 2 rings (SSSR count). The van der Waals surface area contributed by atoms with E-state index in [0.717, 1.165) is 13.2 Å². The maximum atomic E-state index is 8.80. The summed E-state index contributed by atoms with van der Waals surface area (Å²) in [4.78, 5) is 0. The summed E-state index contributed by atoms with van der Waals surface area (Å²) < 4.78 is 18.8. The predicted molar refractivity (Wildman–Crippen MR) is 89.2 cm³/mol. The van der Waals surface area contributed by atoms with Crippen LogP contribution in [0.5, 0.6) is 0 Å². The molecular weight excluding hydrogens is 284 g/mol. The van der Waals surface area contributed by atoms with E-state index in [4.69, 9.17) is 14.6 Å². The minimum atomic E-state index is -0.481. The minimum Gasteiger partial charge on any atom is -0.388 e. The van der Waals surface area contributed by atoms with E-state index in [2.05, 4.69) is 9.47 Å². The zero-order chi connectivity index (χ0) is 17.1. The quantitative estimate of drug-likeness (QED) is 0.817. The van der Waals surface area contributed by atoms with Crippen molar-refractivity contribution in [2.24, 2.45) is 0 Å². The van der Waals surface area contributed by atoms with Crippen LogP contribution >= 0.6 is 0 Å². The number of epoxide rings is 1. The van der Waals surface area contributed by atoms with Gasteiger partial charge < -0.3 is 24.1 Å². The molecule has 0 aromatic heterocycles. The maximum absolute atomic E-state index is 8.80. The highest BCUT2D eigenvalue weighted by Gasteiger charge is 2.21. The summed E-state index contributed by atoms with van der Waals surface area (Å²) in [5, 5.41) is 8.80. The number of ether oxygens (including phenoxy) is 4. The molecule has 0 saturated carbocycles. The van der Waals surface area contributed by atoms with Crippen molar-refractivity contribution in [2.45, 2.75) is 26.1 Å². The number of aliphatic hydroxyl groups excluding tert-OH is 1. The maximum Gasteiger partial charge on any atom is 0.104 e. The number of hydrogen-bond donors (Lipinski definition) is 1. The number of aliphatic hydroxyl groups is 1. The molecule has 0 radical (unpaired) electrons. The van der Waals surface area contributed by atoms with Gasteiger partial charge in [0, 0.05) is 21.3 Å². The fourth-order valence-electron chi connectivity index (χ4n) is 1.17. The SMILES string of the molecule is CC.COCC(O)COC.COCC1CO1.c1ccccc1. The summed E-state index contributed by atoms with van der Waals surface area (Å²) in [5.41, 5.74) is 0. The third kappa shape index (κ3) is 21.3. The number of rotatable bonds is 6. The fourth-order valence-corrected chi connectivity index (χ4v) is 1.17. The van der Waals surface area contributed by atoms with Gasteiger partial charge >= 0.3 is 0 Å². The molecule has 1 fully saturated rings. The van der Waals surface area contributed by atoms with Gasteiger partial charge in [-0.05, 0) is 0 Å². The van der Waals surface area contributed by atoms with E-state index < -0.39 is 6.10 Å². The van der Waals surface area contributed by atoms with E-state index in [1.165, 1.54) is 0 Å². The van der Waals surface area contributed by atoms with Crippen molar-refractivity contribution in [1.29, 1.82) is 0 Å². The van der Waals surface area contributed by atoms with Crippen molar-refractivity contribution in [3.05, 3.63) is 36.4 Å². The van der Waals surface area contributed by atoms with Gasteiger partial charge in [-0.2, -0.15) is 0 Å².